The standard InChI is InChI=1S/C13H26N4O2S/c1-6-8-17(7-2)20(18,19)13-12(9-14-10(3)4)11(5)15-16-13/h10,14H,6-9H2,1-5H3,(H,15,16). The van der Waals surface area contributed by atoms with Gasteiger partial charge in [-0.3, -0.25) is 5.10 Å². The maximum atomic E-state index is 12.6. The first-order chi connectivity index (χ1) is 9.34. The van der Waals surface area contributed by atoms with E-state index in [0.29, 0.717) is 19.6 Å². The van der Waals surface area contributed by atoms with E-state index in [-0.39, 0.29) is 11.1 Å². The van der Waals surface area contributed by atoms with E-state index < -0.39 is 10.0 Å². The normalized spacial score (nSPS) is 12.6. The maximum Gasteiger partial charge on any atom is 0.262 e. The summed E-state index contributed by atoms with van der Waals surface area (Å²) in [5.41, 5.74) is 1.53. The minimum absolute atomic E-state index is 0.151. The minimum atomic E-state index is -3.52. The predicted molar refractivity (Wildman–Crippen MR) is 80.0 cm³/mol. The van der Waals surface area contributed by atoms with Gasteiger partial charge in [-0.05, 0) is 13.3 Å². The van der Waals surface area contributed by atoms with Crippen LogP contribution in [0.2, 0.25) is 0 Å². The molecule has 0 saturated heterocycles. The third-order valence-electron chi connectivity index (χ3n) is 3.13. The number of nitrogens with one attached hydrogen (secondary N) is 2. The Morgan fingerprint density at radius 1 is 1.35 bits per heavy atom. The van der Waals surface area contributed by atoms with E-state index in [1.807, 2.05) is 34.6 Å². The molecule has 1 heterocycles. The Kier molecular flexibility index (Phi) is 6.16. The fraction of sp³-hybridized carbons (Fsp3) is 0.769. The molecule has 0 unspecified atom stereocenters. The Labute approximate surface area is 122 Å². The number of H-pyrrole nitrogens is 1. The summed E-state index contributed by atoms with van der Waals surface area (Å²) >= 11 is 0. The molecule has 0 spiro atoms. The van der Waals surface area contributed by atoms with Gasteiger partial charge >= 0.3 is 0 Å². The lowest BCUT2D eigenvalue weighted by atomic mass is 10.2. The molecule has 0 radical (unpaired) electrons. The lowest BCUT2D eigenvalue weighted by Crippen LogP contribution is -2.33. The van der Waals surface area contributed by atoms with Crippen LogP contribution in [0.15, 0.2) is 5.03 Å². The van der Waals surface area contributed by atoms with Crippen LogP contribution in [0.4, 0.5) is 0 Å². The molecule has 1 rings (SSSR count). The summed E-state index contributed by atoms with van der Waals surface area (Å²) in [5, 5.41) is 10.2. The smallest absolute Gasteiger partial charge is 0.262 e. The van der Waals surface area contributed by atoms with Gasteiger partial charge in [0.25, 0.3) is 10.0 Å². The summed E-state index contributed by atoms with van der Waals surface area (Å²) in [6, 6.07) is 0.290. The third-order valence-corrected chi connectivity index (χ3v) is 5.08. The van der Waals surface area contributed by atoms with E-state index >= 15 is 0 Å². The molecule has 0 aliphatic carbocycles. The van der Waals surface area contributed by atoms with Crippen LogP contribution in [0.1, 0.15) is 45.4 Å². The first kappa shape index (κ1) is 17.1. The summed E-state index contributed by atoms with van der Waals surface area (Å²) < 4.78 is 26.8. The molecule has 7 heteroatoms. The fourth-order valence-corrected chi connectivity index (χ4v) is 3.68. The molecule has 0 aliphatic heterocycles. The molecular formula is C13H26N4O2S. The summed E-state index contributed by atoms with van der Waals surface area (Å²) in [6.45, 7) is 11.2. The van der Waals surface area contributed by atoms with Crippen LogP contribution < -0.4 is 5.32 Å². The number of aryl methyl sites for hydroxylation is 1. The van der Waals surface area contributed by atoms with Crippen molar-refractivity contribution in [3.63, 3.8) is 0 Å². The minimum Gasteiger partial charge on any atom is -0.310 e. The van der Waals surface area contributed by atoms with Gasteiger partial charge in [-0.25, -0.2) is 8.42 Å². The Hall–Kier alpha value is -0.920. The van der Waals surface area contributed by atoms with Crippen molar-refractivity contribution in [2.75, 3.05) is 13.1 Å². The van der Waals surface area contributed by atoms with Crippen LogP contribution in [0.25, 0.3) is 0 Å². The van der Waals surface area contributed by atoms with Gasteiger partial charge in [0.15, 0.2) is 5.03 Å². The third kappa shape index (κ3) is 3.80. The molecule has 0 aromatic carbocycles. The second kappa shape index (κ2) is 7.19. The van der Waals surface area contributed by atoms with Crippen molar-refractivity contribution < 1.29 is 8.42 Å². The molecule has 1 aromatic heterocycles. The number of aromatic amines is 1. The van der Waals surface area contributed by atoms with Gasteiger partial charge < -0.3 is 5.32 Å². The highest BCUT2D eigenvalue weighted by Gasteiger charge is 2.29. The SMILES string of the molecule is CCCN(CC)S(=O)(=O)c1n[nH]c(C)c1CNC(C)C. The number of hydrogen-bond acceptors (Lipinski definition) is 4. The molecule has 0 bridgehead atoms. The zero-order valence-corrected chi connectivity index (χ0v) is 13.8. The number of aromatic nitrogens is 2. The molecule has 116 valence electrons. The Bertz CT molecular complexity index is 522. The van der Waals surface area contributed by atoms with E-state index in [2.05, 4.69) is 15.5 Å². The molecule has 0 atom stereocenters. The summed E-state index contributed by atoms with van der Waals surface area (Å²) in [5.74, 6) is 0. The van der Waals surface area contributed by atoms with Gasteiger partial charge in [0.2, 0.25) is 0 Å². The number of hydrogen-bond donors (Lipinski definition) is 2. The molecule has 1 aromatic rings. The van der Waals surface area contributed by atoms with Gasteiger partial charge in [-0.2, -0.15) is 9.40 Å². The van der Waals surface area contributed by atoms with Crippen molar-refractivity contribution in [3.8, 4) is 0 Å². The summed E-state index contributed by atoms with van der Waals surface area (Å²) in [7, 11) is -3.52. The van der Waals surface area contributed by atoms with Crippen molar-refractivity contribution in [2.24, 2.45) is 0 Å². The number of rotatable bonds is 8. The summed E-state index contributed by atoms with van der Waals surface area (Å²) in [4.78, 5) is 0. The topological polar surface area (TPSA) is 78.1 Å². The Balaban J connectivity index is 3.12. The van der Waals surface area contributed by atoms with Gasteiger partial charge in [0, 0.05) is 36.9 Å². The van der Waals surface area contributed by atoms with E-state index in [4.69, 9.17) is 0 Å². The average molecular weight is 302 g/mol. The second-order valence-corrected chi connectivity index (χ2v) is 7.02. The second-order valence-electron chi connectivity index (χ2n) is 5.16. The molecular weight excluding hydrogens is 276 g/mol. The van der Waals surface area contributed by atoms with E-state index in [9.17, 15) is 8.42 Å². The largest absolute Gasteiger partial charge is 0.310 e. The van der Waals surface area contributed by atoms with Gasteiger partial charge in [0.05, 0.1) is 0 Å². The van der Waals surface area contributed by atoms with Crippen molar-refractivity contribution in [2.45, 2.75) is 58.7 Å². The Morgan fingerprint density at radius 3 is 2.50 bits per heavy atom. The monoisotopic (exact) mass is 302 g/mol. The van der Waals surface area contributed by atoms with E-state index in [0.717, 1.165) is 17.7 Å². The number of sulfonamides is 1. The van der Waals surface area contributed by atoms with E-state index in [1.54, 1.807) is 0 Å². The van der Waals surface area contributed by atoms with Crippen LogP contribution in [0.3, 0.4) is 0 Å². The Morgan fingerprint density at radius 2 is 2.00 bits per heavy atom. The van der Waals surface area contributed by atoms with Crippen LogP contribution in [-0.4, -0.2) is 42.1 Å². The van der Waals surface area contributed by atoms with Crippen molar-refractivity contribution in [3.05, 3.63) is 11.3 Å². The van der Waals surface area contributed by atoms with Crippen molar-refractivity contribution >= 4 is 10.0 Å². The van der Waals surface area contributed by atoms with Gasteiger partial charge in [-0.1, -0.05) is 27.7 Å². The summed E-state index contributed by atoms with van der Waals surface area (Å²) in [6.07, 6.45) is 0.788. The average Bonchev–Trinajstić information content (AvgIpc) is 2.75. The molecule has 2 N–H and O–H groups in total. The van der Waals surface area contributed by atoms with Crippen LogP contribution in [0.5, 0.6) is 0 Å². The van der Waals surface area contributed by atoms with Crippen LogP contribution in [-0.2, 0) is 16.6 Å². The van der Waals surface area contributed by atoms with Crippen LogP contribution >= 0.6 is 0 Å². The highest BCUT2D eigenvalue weighted by molar-refractivity contribution is 7.89. The molecule has 0 amide bonds. The predicted octanol–water partition coefficient (Wildman–Crippen LogP) is 1.64. The van der Waals surface area contributed by atoms with Crippen LogP contribution in [0, 0.1) is 6.92 Å². The van der Waals surface area contributed by atoms with E-state index in [1.165, 1.54) is 4.31 Å². The fourth-order valence-electron chi connectivity index (χ4n) is 1.98. The lowest BCUT2D eigenvalue weighted by Gasteiger charge is -2.19. The highest BCUT2D eigenvalue weighted by Crippen LogP contribution is 2.20. The maximum absolute atomic E-state index is 12.6. The van der Waals surface area contributed by atoms with Gasteiger partial charge in [0.1, 0.15) is 0 Å². The zero-order valence-electron chi connectivity index (χ0n) is 13.0. The molecule has 0 fully saturated rings. The molecule has 20 heavy (non-hydrogen) atoms. The highest BCUT2D eigenvalue weighted by atomic mass is 32.2. The molecule has 6 nitrogen and oxygen atoms in total. The molecule has 0 saturated carbocycles. The van der Waals surface area contributed by atoms with Gasteiger partial charge in [-0.15, -0.1) is 0 Å². The first-order valence-electron chi connectivity index (χ1n) is 7.11. The lowest BCUT2D eigenvalue weighted by molar-refractivity contribution is 0.423. The van der Waals surface area contributed by atoms with Crippen molar-refractivity contribution in [1.29, 1.82) is 0 Å². The quantitative estimate of drug-likeness (QED) is 0.765. The first-order valence-corrected chi connectivity index (χ1v) is 8.55. The zero-order chi connectivity index (χ0) is 15.3. The molecule has 0 aliphatic rings. The van der Waals surface area contributed by atoms with Crippen molar-refractivity contribution in [1.82, 2.24) is 19.8 Å². The number of nitrogens with zero attached hydrogens (tertiary/aromatic N) is 2.